The number of hydrogen-bond donors (Lipinski definition) is 2. The van der Waals surface area contributed by atoms with Crippen molar-refractivity contribution < 1.29 is 9.59 Å². The Hall–Kier alpha value is -2.35. The second-order valence-electron chi connectivity index (χ2n) is 7.04. The summed E-state index contributed by atoms with van der Waals surface area (Å²) in [5, 5.41) is 5.73. The highest BCUT2D eigenvalue weighted by atomic mass is 35.5. The number of para-hydroxylation sites is 1. The maximum atomic E-state index is 12.4. The van der Waals surface area contributed by atoms with Gasteiger partial charge in [0.15, 0.2) is 0 Å². The Balaban J connectivity index is 1.64. The van der Waals surface area contributed by atoms with Gasteiger partial charge in [-0.3, -0.25) is 14.5 Å². The minimum Gasteiger partial charge on any atom is -0.353 e. The van der Waals surface area contributed by atoms with Gasteiger partial charge in [0.25, 0.3) is 0 Å². The smallest absolute Gasteiger partial charge is 0.313 e. The number of carbonyl (C=O) groups is 2. The van der Waals surface area contributed by atoms with Gasteiger partial charge in [-0.15, -0.1) is 0 Å². The average molecular weight is 404 g/mol. The predicted octanol–water partition coefficient (Wildman–Crippen LogP) is 1.72. The first-order valence-corrected chi connectivity index (χ1v) is 9.71. The molecule has 2 aromatic rings. The number of nitrogens with zero attached hydrogens (tertiary/aromatic N) is 3. The number of likely N-dealkylation sites (N-methyl/N-ethyl adjacent to an activating group) is 1. The molecule has 2 amide bonds. The number of carbonyl (C=O) groups excluding carboxylic acids is 2. The minimum absolute atomic E-state index is 0.00534. The number of hydrogen-bond acceptors (Lipinski definition) is 4. The van der Waals surface area contributed by atoms with Crippen molar-refractivity contribution in [2.24, 2.45) is 7.05 Å². The number of benzene rings is 1. The zero-order chi connectivity index (χ0) is 20.1. The second kappa shape index (κ2) is 9.23. The molecule has 28 heavy (non-hydrogen) atoms. The van der Waals surface area contributed by atoms with Crippen LogP contribution in [-0.2, 0) is 16.6 Å². The third kappa shape index (κ3) is 4.92. The van der Waals surface area contributed by atoms with Crippen LogP contribution in [0.25, 0.3) is 0 Å². The molecule has 1 aromatic heterocycles. The fraction of sp³-hybridized carbons (Fsp3) is 0.400. The minimum atomic E-state index is -0.725. The first kappa shape index (κ1) is 20.4. The SMILES string of the molecule is CN1CCN(C(CNC(=O)C(=O)Nc2ccccc2Cl)c2cccn2C)CC1. The van der Waals surface area contributed by atoms with Crippen LogP contribution in [0.4, 0.5) is 5.69 Å². The van der Waals surface area contributed by atoms with Crippen molar-refractivity contribution in [3.8, 4) is 0 Å². The first-order chi connectivity index (χ1) is 13.5. The van der Waals surface area contributed by atoms with Crippen LogP contribution in [-0.4, -0.2) is 66.0 Å². The molecule has 150 valence electrons. The molecule has 7 nitrogen and oxygen atoms in total. The van der Waals surface area contributed by atoms with Crippen molar-refractivity contribution in [2.75, 3.05) is 45.1 Å². The number of rotatable bonds is 5. The van der Waals surface area contributed by atoms with Gasteiger partial charge in [-0.2, -0.15) is 0 Å². The van der Waals surface area contributed by atoms with Crippen molar-refractivity contribution in [3.05, 3.63) is 53.3 Å². The molecule has 1 aliphatic heterocycles. The normalized spacial score (nSPS) is 16.5. The molecule has 1 saturated heterocycles. The predicted molar refractivity (Wildman–Crippen MR) is 110 cm³/mol. The number of nitrogens with one attached hydrogen (secondary N) is 2. The fourth-order valence-electron chi connectivity index (χ4n) is 3.39. The van der Waals surface area contributed by atoms with Gasteiger partial charge >= 0.3 is 11.8 Å². The molecule has 0 bridgehead atoms. The van der Waals surface area contributed by atoms with E-state index in [4.69, 9.17) is 11.6 Å². The molecule has 8 heteroatoms. The van der Waals surface area contributed by atoms with Crippen LogP contribution in [0, 0.1) is 0 Å². The Labute approximate surface area is 170 Å². The lowest BCUT2D eigenvalue weighted by Crippen LogP contribution is -2.49. The molecule has 0 spiro atoms. The highest BCUT2D eigenvalue weighted by Gasteiger charge is 2.27. The molecule has 0 radical (unpaired) electrons. The van der Waals surface area contributed by atoms with Gasteiger partial charge in [-0.25, -0.2) is 0 Å². The topological polar surface area (TPSA) is 69.6 Å². The lowest BCUT2D eigenvalue weighted by atomic mass is 10.1. The maximum Gasteiger partial charge on any atom is 0.313 e. The molecular weight excluding hydrogens is 378 g/mol. The summed E-state index contributed by atoms with van der Waals surface area (Å²) in [5.41, 5.74) is 1.53. The van der Waals surface area contributed by atoms with E-state index in [1.165, 1.54) is 0 Å². The summed E-state index contributed by atoms with van der Waals surface area (Å²) in [5.74, 6) is -1.40. The van der Waals surface area contributed by atoms with Crippen molar-refractivity contribution in [1.82, 2.24) is 19.7 Å². The lowest BCUT2D eigenvalue weighted by molar-refractivity contribution is -0.136. The highest BCUT2D eigenvalue weighted by Crippen LogP contribution is 2.22. The van der Waals surface area contributed by atoms with Gasteiger partial charge in [-0.05, 0) is 31.3 Å². The lowest BCUT2D eigenvalue weighted by Gasteiger charge is -2.38. The van der Waals surface area contributed by atoms with Gasteiger partial charge in [-0.1, -0.05) is 23.7 Å². The van der Waals surface area contributed by atoms with E-state index in [0.717, 1.165) is 31.9 Å². The summed E-state index contributed by atoms with van der Waals surface area (Å²) in [4.78, 5) is 29.2. The quantitative estimate of drug-likeness (QED) is 0.746. The van der Waals surface area contributed by atoms with Crippen LogP contribution in [0.2, 0.25) is 5.02 Å². The van der Waals surface area contributed by atoms with Gasteiger partial charge in [0.05, 0.1) is 16.8 Å². The number of aromatic nitrogens is 1. The molecule has 1 atom stereocenters. The highest BCUT2D eigenvalue weighted by molar-refractivity contribution is 6.41. The van der Waals surface area contributed by atoms with Gasteiger partial charge in [0.2, 0.25) is 0 Å². The number of piperazine rings is 1. The molecule has 3 rings (SSSR count). The molecule has 1 aliphatic rings. The summed E-state index contributed by atoms with van der Waals surface area (Å²) in [6.45, 7) is 4.13. The van der Waals surface area contributed by atoms with E-state index in [1.807, 2.05) is 19.3 Å². The maximum absolute atomic E-state index is 12.4. The second-order valence-corrected chi connectivity index (χ2v) is 7.45. The molecule has 2 heterocycles. The number of anilines is 1. The molecule has 0 aliphatic carbocycles. The molecule has 1 fully saturated rings. The standard InChI is InChI=1S/C20H26ClN5O2/c1-24-10-12-26(13-11-24)18(17-8-5-9-25(17)2)14-22-19(27)20(28)23-16-7-4-3-6-15(16)21/h3-9,18H,10-14H2,1-2H3,(H,22,27)(H,23,28). The molecule has 1 unspecified atom stereocenters. The summed E-state index contributed by atoms with van der Waals surface area (Å²) in [6.07, 6.45) is 1.99. The van der Waals surface area contributed by atoms with Gasteiger partial charge in [0.1, 0.15) is 0 Å². The van der Waals surface area contributed by atoms with Crippen molar-refractivity contribution in [2.45, 2.75) is 6.04 Å². The largest absolute Gasteiger partial charge is 0.353 e. The van der Waals surface area contributed by atoms with Crippen molar-refractivity contribution >= 4 is 29.1 Å². The molecular formula is C20H26ClN5O2. The number of aryl methyl sites for hydroxylation is 1. The zero-order valence-electron chi connectivity index (χ0n) is 16.2. The summed E-state index contributed by atoms with van der Waals surface area (Å²) < 4.78 is 2.05. The monoisotopic (exact) mass is 403 g/mol. The van der Waals surface area contributed by atoms with E-state index in [-0.39, 0.29) is 6.04 Å². The van der Waals surface area contributed by atoms with E-state index in [0.29, 0.717) is 17.3 Å². The van der Waals surface area contributed by atoms with Crippen LogP contribution < -0.4 is 10.6 Å². The van der Waals surface area contributed by atoms with Gasteiger partial charge < -0.3 is 20.1 Å². The first-order valence-electron chi connectivity index (χ1n) is 9.33. The molecule has 2 N–H and O–H groups in total. The van der Waals surface area contributed by atoms with E-state index in [9.17, 15) is 9.59 Å². The van der Waals surface area contributed by atoms with Crippen LogP contribution in [0.5, 0.6) is 0 Å². The number of halogens is 1. The molecule has 1 aromatic carbocycles. The summed E-state index contributed by atoms with van der Waals surface area (Å²) in [6, 6.07) is 10.9. The van der Waals surface area contributed by atoms with E-state index in [1.54, 1.807) is 24.3 Å². The average Bonchev–Trinajstić information content (AvgIpc) is 3.10. The Morgan fingerprint density at radius 1 is 1.04 bits per heavy atom. The Bertz CT molecular complexity index is 830. The number of amides is 2. The third-order valence-corrected chi connectivity index (χ3v) is 5.42. The Morgan fingerprint density at radius 3 is 2.39 bits per heavy atom. The van der Waals surface area contributed by atoms with Crippen LogP contribution in [0.15, 0.2) is 42.6 Å². The van der Waals surface area contributed by atoms with Crippen LogP contribution in [0.1, 0.15) is 11.7 Å². The third-order valence-electron chi connectivity index (χ3n) is 5.09. The van der Waals surface area contributed by atoms with Crippen LogP contribution in [0.3, 0.4) is 0 Å². The molecule has 0 saturated carbocycles. The van der Waals surface area contributed by atoms with E-state index < -0.39 is 11.8 Å². The Kier molecular flexibility index (Phi) is 6.72. The fourth-order valence-corrected chi connectivity index (χ4v) is 3.57. The van der Waals surface area contributed by atoms with E-state index >= 15 is 0 Å². The van der Waals surface area contributed by atoms with E-state index in [2.05, 4.69) is 38.1 Å². The van der Waals surface area contributed by atoms with Crippen molar-refractivity contribution in [3.63, 3.8) is 0 Å². The Morgan fingerprint density at radius 2 is 1.75 bits per heavy atom. The summed E-state index contributed by atoms with van der Waals surface area (Å²) in [7, 11) is 4.10. The zero-order valence-corrected chi connectivity index (χ0v) is 16.9. The van der Waals surface area contributed by atoms with Crippen LogP contribution >= 0.6 is 11.6 Å². The van der Waals surface area contributed by atoms with Gasteiger partial charge in [0, 0.05) is 51.7 Å². The van der Waals surface area contributed by atoms with Crippen molar-refractivity contribution in [1.29, 1.82) is 0 Å². The summed E-state index contributed by atoms with van der Waals surface area (Å²) >= 11 is 6.04.